The molecule has 0 aliphatic rings. The first-order valence-corrected chi connectivity index (χ1v) is 7.33. The van der Waals surface area contributed by atoms with Crippen LogP contribution in [0.1, 0.15) is 67.2 Å². The number of aliphatic hydroxyl groups is 1. The fourth-order valence-corrected chi connectivity index (χ4v) is 1.81. The molecule has 19 heavy (non-hydrogen) atoms. The fourth-order valence-electron chi connectivity index (χ4n) is 1.81. The molecule has 0 aromatic heterocycles. The standard InChI is InChI=1S/C15H31NO3/c1-7-8-9-12(17)10-13(11(2)3)16-14(18)19-15(4,5)6/h11-13,17H,7-10H2,1-6H3,(H,16,18)/t12-,13-/m0/s1. The van der Waals surface area contributed by atoms with Crippen LogP contribution in [0.3, 0.4) is 0 Å². The third-order valence-corrected chi connectivity index (χ3v) is 2.92. The Morgan fingerprint density at radius 3 is 2.32 bits per heavy atom. The van der Waals surface area contributed by atoms with Crippen LogP contribution in [-0.2, 0) is 4.74 Å². The lowest BCUT2D eigenvalue weighted by Crippen LogP contribution is -2.43. The van der Waals surface area contributed by atoms with E-state index in [4.69, 9.17) is 4.74 Å². The first-order chi connectivity index (χ1) is 8.65. The van der Waals surface area contributed by atoms with Gasteiger partial charge in [0, 0.05) is 6.04 Å². The molecule has 114 valence electrons. The van der Waals surface area contributed by atoms with Crippen molar-refractivity contribution in [3.8, 4) is 0 Å². The maximum Gasteiger partial charge on any atom is 0.407 e. The van der Waals surface area contributed by atoms with Crippen molar-refractivity contribution >= 4 is 6.09 Å². The average molecular weight is 273 g/mol. The Morgan fingerprint density at radius 1 is 1.32 bits per heavy atom. The number of hydrogen-bond donors (Lipinski definition) is 2. The van der Waals surface area contributed by atoms with Gasteiger partial charge in [0.2, 0.25) is 0 Å². The van der Waals surface area contributed by atoms with Crippen molar-refractivity contribution in [3.05, 3.63) is 0 Å². The normalized spacial score (nSPS) is 15.2. The lowest BCUT2D eigenvalue weighted by molar-refractivity contribution is 0.0458. The highest BCUT2D eigenvalue weighted by atomic mass is 16.6. The van der Waals surface area contributed by atoms with Crippen LogP contribution in [0, 0.1) is 5.92 Å². The quantitative estimate of drug-likeness (QED) is 0.746. The number of hydrogen-bond acceptors (Lipinski definition) is 3. The lowest BCUT2D eigenvalue weighted by Gasteiger charge is -2.27. The minimum Gasteiger partial charge on any atom is -0.444 e. The summed E-state index contributed by atoms with van der Waals surface area (Å²) in [5.41, 5.74) is -0.494. The van der Waals surface area contributed by atoms with Crippen LogP contribution >= 0.6 is 0 Å². The second-order valence-electron chi connectivity index (χ2n) is 6.53. The molecule has 2 N–H and O–H groups in total. The van der Waals surface area contributed by atoms with Gasteiger partial charge in [0.15, 0.2) is 0 Å². The molecule has 0 heterocycles. The minimum absolute atomic E-state index is 0.0540. The van der Waals surface area contributed by atoms with Gasteiger partial charge in [0.05, 0.1) is 6.10 Å². The number of carbonyl (C=O) groups excluding carboxylic acids is 1. The summed E-state index contributed by atoms with van der Waals surface area (Å²) in [5.74, 6) is 0.267. The van der Waals surface area contributed by atoms with Crippen LogP contribution < -0.4 is 5.32 Å². The van der Waals surface area contributed by atoms with Crippen LogP contribution in [-0.4, -0.2) is 28.9 Å². The molecule has 1 amide bonds. The summed E-state index contributed by atoms with van der Waals surface area (Å²) in [6.45, 7) is 11.7. The van der Waals surface area contributed by atoms with Gasteiger partial charge in [-0.25, -0.2) is 4.79 Å². The first-order valence-electron chi connectivity index (χ1n) is 7.33. The maximum absolute atomic E-state index is 11.8. The first kappa shape index (κ1) is 18.2. The molecule has 4 heteroatoms. The Bertz CT molecular complexity index is 259. The zero-order valence-electron chi connectivity index (χ0n) is 13.3. The topological polar surface area (TPSA) is 58.6 Å². The van der Waals surface area contributed by atoms with Gasteiger partial charge in [-0.3, -0.25) is 0 Å². The van der Waals surface area contributed by atoms with Gasteiger partial charge in [0.25, 0.3) is 0 Å². The summed E-state index contributed by atoms with van der Waals surface area (Å²) in [5, 5.41) is 12.8. The summed E-state index contributed by atoms with van der Waals surface area (Å²) in [6.07, 6.45) is 2.68. The van der Waals surface area contributed by atoms with E-state index >= 15 is 0 Å². The van der Waals surface area contributed by atoms with Crippen LogP contribution in [0.15, 0.2) is 0 Å². The van der Waals surface area contributed by atoms with Gasteiger partial charge in [-0.1, -0.05) is 33.6 Å². The highest BCUT2D eigenvalue weighted by Crippen LogP contribution is 2.14. The maximum atomic E-state index is 11.8. The van der Waals surface area contributed by atoms with Crippen molar-refractivity contribution in [2.45, 2.75) is 85.0 Å². The zero-order valence-corrected chi connectivity index (χ0v) is 13.3. The predicted octanol–water partition coefficient (Wildman–Crippen LogP) is 3.48. The molecule has 2 atom stereocenters. The molecule has 0 rings (SSSR count). The molecule has 0 fully saturated rings. The Hall–Kier alpha value is -0.770. The van der Waals surface area contributed by atoms with Gasteiger partial charge >= 0.3 is 6.09 Å². The average Bonchev–Trinajstić information content (AvgIpc) is 2.22. The predicted molar refractivity (Wildman–Crippen MR) is 78.1 cm³/mol. The third-order valence-electron chi connectivity index (χ3n) is 2.92. The highest BCUT2D eigenvalue weighted by molar-refractivity contribution is 5.68. The van der Waals surface area contributed by atoms with Crippen molar-refractivity contribution in [3.63, 3.8) is 0 Å². The number of nitrogens with one attached hydrogen (secondary N) is 1. The van der Waals surface area contributed by atoms with E-state index in [0.29, 0.717) is 6.42 Å². The van der Waals surface area contributed by atoms with E-state index in [1.165, 1.54) is 0 Å². The molecule has 0 saturated heterocycles. The van der Waals surface area contributed by atoms with Gasteiger partial charge in [0.1, 0.15) is 5.60 Å². The smallest absolute Gasteiger partial charge is 0.407 e. The monoisotopic (exact) mass is 273 g/mol. The molecule has 0 saturated carbocycles. The van der Waals surface area contributed by atoms with Crippen molar-refractivity contribution < 1.29 is 14.6 Å². The van der Waals surface area contributed by atoms with E-state index < -0.39 is 11.7 Å². The number of unbranched alkanes of at least 4 members (excludes halogenated alkanes) is 1. The Morgan fingerprint density at radius 2 is 1.89 bits per heavy atom. The number of rotatable bonds is 7. The SMILES string of the molecule is CCCC[C@H](O)C[C@H](NC(=O)OC(C)(C)C)C(C)C. The Kier molecular flexibility index (Phi) is 8.07. The Labute approximate surface area is 117 Å². The molecule has 0 aromatic rings. The van der Waals surface area contributed by atoms with E-state index in [9.17, 15) is 9.90 Å². The van der Waals surface area contributed by atoms with Crippen LogP contribution in [0.25, 0.3) is 0 Å². The summed E-state index contributed by atoms with van der Waals surface area (Å²) in [7, 11) is 0. The van der Waals surface area contributed by atoms with E-state index in [2.05, 4.69) is 12.2 Å². The summed E-state index contributed by atoms with van der Waals surface area (Å²) in [4.78, 5) is 11.8. The molecule has 0 spiro atoms. The third kappa shape index (κ3) is 9.77. The van der Waals surface area contributed by atoms with Gasteiger partial charge in [-0.2, -0.15) is 0 Å². The fraction of sp³-hybridized carbons (Fsp3) is 0.933. The molecule has 0 unspecified atom stereocenters. The van der Waals surface area contributed by atoms with E-state index in [-0.39, 0.29) is 18.1 Å². The molecule has 0 radical (unpaired) electrons. The number of ether oxygens (including phenoxy) is 1. The zero-order chi connectivity index (χ0) is 15.1. The minimum atomic E-state index is -0.494. The second-order valence-corrected chi connectivity index (χ2v) is 6.53. The summed E-state index contributed by atoms with van der Waals surface area (Å²) in [6, 6.07) is -0.0540. The van der Waals surface area contributed by atoms with Crippen molar-refractivity contribution in [2.75, 3.05) is 0 Å². The van der Waals surface area contributed by atoms with Gasteiger partial charge < -0.3 is 15.2 Å². The number of aliphatic hydroxyl groups excluding tert-OH is 1. The molecule has 0 bridgehead atoms. The largest absolute Gasteiger partial charge is 0.444 e. The summed E-state index contributed by atoms with van der Waals surface area (Å²) < 4.78 is 5.25. The highest BCUT2D eigenvalue weighted by Gasteiger charge is 2.23. The van der Waals surface area contributed by atoms with Crippen molar-refractivity contribution in [2.24, 2.45) is 5.92 Å². The molecular formula is C15H31NO3. The van der Waals surface area contributed by atoms with E-state index in [1.807, 2.05) is 34.6 Å². The molecule has 0 aliphatic carbocycles. The van der Waals surface area contributed by atoms with E-state index in [0.717, 1.165) is 19.3 Å². The van der Waals surface area contributed by atoms with Crippen LogP contribution in [0.2, 0.25) is 0 Å². The number of carbonyl (C=O) groups is 1. The van der Waals surface area contributed by atoms with Gasteiger partial charge in [-0.15, -0.1) is 0 Å². The molecule has 0 aliphatic heterocycles. The van der Waals surface area contributed by atoms with Crippen LogP contribution in [0.5, 0.6) is 0 Å². The van der Waals surface area contributed by atoms with Gasteiger partial charge in [-0.05, 0) is 39.5 Å². The molecule has 4 nitrogen and oxygen atoms in total. The Balaban J connectivity index is 4.30. The summed E-state index contributed by atoms with van der Waals surface area (Å²) >= 11 is 0. The second kappa shape index (κ2) is 8.41. The molecule has 0 aromatic carbocycles. The molecular weight excluding hydrogens is 242 g/mol. The van der Waals surface area contributed by atoms with Crippen molar-refractivity contribution in [1.29, 1.82) is 0 Å². The lowest BCUT2D eigenvalue weighted by atomic mass is 9.96. The van der Waals surface area contributed by atoms with E-state index in [1.54, 1.807) is 0 Å². The van der Waals surface area contributed by atoms with Crippen molar-refractivity contribution in [1.82, 2.24) is 5.32 Å². The number of alkyl carbamates (subject to hydrolysis) is 1. The van der Waals surface area contributed by atoms with Crippen LogP contribution in [0.4, 0.5) is 4.79 Å². The number of amides is 1.